The lowest BCUT2D eigenvalue weighted by Crippen LogP contribution is -2.43. The zero-order chi connectivity index (χ0) is 12.9. The van der Waals surface area contributed by atoms with Gasteiger partial charge in [0.25, 0.3) is 0 Å². The van der Waals surface area contributed by atoms with Gasteiger partial charge in [-0.1, -0.05) is 13.8 Å². The predicted octanol–water partition coefficient (Wildman–Crippen LogP) is 1.41. The van der Waals surface area contributed by atoms with E-state index in [4.69, 9.17) is 10.5 Å². The third-order valence-corrected chi connectivity index (χ3v) is 1.93. The van der Waals surface area contributed by atoms with Gasteiger partial charge in [0.1, 0.15) is 5.60 Å². The van der Waals surface area contributed by atoms with Crippen LogP contribution in [0.2, 0.25) is 0 Å². The van der Waals surface area contributed by atoms with Gasteiger partial charge in [-0.15, -0.1) is 0 Å². The SMILES string of the molecule is CC(C)[C@H](CC(N)=O)NC(=O)OC(C)(C)C. The maximum atomic E-state index is 11.5. The van der Waals surface area contributed by atoms with E-state index >= 15 is 0 Å². The number of nitrogens with two attached hydrogens (primary N) is 1. The van der Waals surface area contributed by atoms with Crippen molar-refractivity contribution in [2.75, 3.05) is 0 Å². The van der Waals surface area contributed by atoms with E-state index in [-0.39, 0.29) is 18.4 Å². The molecule has 0 aliphatic heterocycles. The number of primary amides is 1. The predicted molar refractivity (Wildman–Crippen MR) is 61.8 cm³/mol. The largest absolute Gasteiger partial charge is 0.444 e. The van der Waals surface area contributed by atoms with Crippen molar-refractivity contribution in [2.45, 2.75) is 52.7 Å². The summed E-state index contributed by atoms with van der Waals surface area (Å²) in [5, 5.41) is 2.64. The summed E-state index contributed by atoms with van der Waals surface area (Å²) < 4.78 is 5.10. The van der Waals surface area contributed by atoms with Crippen LogP contribution in [-0.2, 0) is 9.53 Å². The molecule has 0 saturated heterocycles. The number of amides is 2. The monoisotopic (exact) mass is 230 g/mol. The highest BCUT2D eigenvalue weighted by Gasteiger charge is 2.22. The standard InChI is InChI=1S/C11H22N2O3/c1-7(2)8(6-9(12)14)13-10(15)16-11(3,4)5/h7-8H,6H2,1-5H3,(H2,12,14)(H,13,15)/t8-/m0/s1. The maximum Gasteiger partial charge on any atom is 0.407 e. The summed E-state index contributed by atoms with van der Waals surface area (Å²) in [5.74, 6) is -0.310. The molecule has 16 heavy (non-hydrogen) atoms. The van der Waals surface area contributed by atoms with Crippen LogP contribution in [0, 0.1) is 5.92 Å². The number of rotatable bonds is 4. The van der Waals surface area contributed by atoms with E-state index in [0.717, 1.165) is 0 Å². The Kier molecular flexibility index (Phi) is 5.27. The van der Waals surface area contributed by atoms with Gasteiger partial charge in [0.05, 0.1) is 0 Å². The molecular weight excluding hydrogens is 208 g/mol. The lowest BCUT2D eigenvalue weighted by molar-refractivity contribution is -0.118. The molecule has 0 aromatic rings. The van der Waals surface area contributed by atoms with Gasteiger partial charge < -0.3 is 15.8 Å². The zero-order valence-electron chi connectivity index (χ0n) is 10.7. The Balaban J connectivity index is 4.30. The maximum absolute atomic E-state index is 11.5. The molecule has 0 saturated carbocycles. The quantitative estimate of drug-likeness (QED) is 0.766. The van der Waals surface area contributed by atoms with Crippen LogP contribution in [0.25, 0.3) is 0 Å². The minimum Gasteiger partial charge on any atom is -0.444 e. The average Bonchev–Trinajstić information content (AvgIpc) is 1.97. The first kappa shape index (κ1) is 14.7. The van der Waals surface area contributed by atoms with Gasteiger partial charge in [-0.2, -0.15) is 0 Å². The molecule has 0 aromatic heterocycles. The number of alkyl carbamates (subject to hydrolysis) is 1. The molecule has 0 bridgehead atoms. The molecule has 5 nitrogen and oxygen atoms in total. The summed E-state index contributed by atoms with van der Waals surface area (Å²) in [5.41, 5.74) is 4.56. The van der Waals surface area contributed by atoms with Crippen LogP contribution < -0.4 is 11.1 Å². The highest BCUT2D eigenvalue weighted by molar-refractivity contribution is 5.76. The number of carbonyl (C=O) groups is 2. The van der Waals surface area contributed by atoms with Gasteiger partial charge in [-0.3, -0.25) is 4.79 Å². The Labute approximate surface area is 96.7 Å². The van der Waals surface area contributed by atoms with Crippen LogP contribution in [0.5, 0.6) is 0 Å². The molecule has 94 valence electrons. The molecule has 0 heterocycles. The van der Waals surface area contributed by atoms with E-state index in [1.807, 2.05) is 13.8 Å². The minimum absolute atomic E-state index is 0.122. The van der Waals surface area contributed by atoms with E-state index < -0.39 is 17.6 Å². The van der Waals surface area contributed by atoms with Gasteiger partial charge in [0.15, 0.2) is 0 Å². The van der Waals surface area contributed by atoms with Crippen molar-refractivity contribution in [3.63, 3.8) is 0 Å². The van der Waals surface area contributed by atoms with Crippen molar-refractivity contribution in [1.82, 2.24) is 5.32 Å². The van der Waals surface area contributed by atoms with Crippen molar-refractivity contribution < 1.29 is 14.3 Å². The minimum atomic E-state index is -0.543. The second-order valence-electron chi connectivity index (χ2n) is 5.17. The first-order valence-electron chi connectivity index (χ1n) is 5.39. The lowest BCUT2D eigenvalue weighted by atomic mass is 10.0. The summed E-state index contributed by atoms with van der Waals surface area (Å²) in [6, 6.07) is -0.285. The number of carbonyl (C=O) groups excluding carboxylic acids is 2. The van der Waals surface area contributed by atoms with Crippen molar-refractivity contribution >= 4 is 12.0 Å². The van der Waals surface area contributed by atoms with Crippen LogP contribution in [0.4, 0.5) is 4.79 Å². The first-order chi connectivity index (χ1) is 7.11. The van der Waals surface area contributed by atoms with Gasteiger partial charge in [0.2, 0.25) is 5.91 Å². The molecule has 0 radical (unpaired) electrons. The molecule has 0 aromatic carbocycles. The Bertz CT molecular complexity index is 256. The molecule has 1 atom stereocenters. The molecule has 5 heteroatoms. The van der Waals surface area contributed by atoms with Gasteiger partial charge in [-0.05, 0) is 26.7 Å². The average molecular weight is 230 g/mol. The Hall–Kier alpha value is -1.26. The number of ether oxygens (including phenoxy) is 1. The molecule has 3 N–H and O–H groups in total. The fourth-order valence-corrected chi connectivity index (χ4v) is 1.13. The normalized spacial score (nSPS) is 13.4. The molecule has 0 aliphatic carbocycles. The van der Waals surface area contributed by atoms with Crippen LogP contribution in [0.1, 0.15) is 41.0 Å². The molecule has 2 amide bonds. The third-order valence-electron chi connectivity index (χ3n) is 1.93. The zero-order valence-corrected chi connectivity index (χ0v) is 10.7. The van der Waals surface area contributed by atoms with Crippen LogP contribution >= 0.6 is 0 Å². The van der Waals surface area contributed by atoms with Crippen LogP contribution in [-0.4, -0.2) is 23.6 Å². The molecule has 0 aliphatic rings. The fraction of sp³-hybridized carbons (Fsp3) is 0.818. The highest BCUT2D eigenvalue weighted by atomic mass is 16.6. The Morgan fingerprint density at radius 3 is 2.12 bits per heavy atom. The van der Waals surface area contributed by atoms with Crippen LogP contribution in [0.15, 0.2) is 0 Å². The van der Waals surface area contributed by atoms with Crippen molar-refractivity contribution in [3.8, 4) is 0 Å². The fourth-order valence-electron chi connectivity index (χ4n) is 1.13. The number of hydrogen-bond donors (Lipinski definition) is 2. The van der Waals surface area contributed by atoms with E-state index in [1.165, 1.54) is 0 Å². The lowest BCUT2D eigenvalue weighted by Gasteiger charge is -2.25. The topological polar surface area (TPSA) is 81.4 Å². The van der Waals surface area contributed by atoms with E-state index in [9.17, 15) is 9.59 Å². The Morgan fingerprint density at radius 2 is 1.81 bits per heavy atom. The summed E-state index contributed by atoms with van der Waals surface area (Å²) in [6.07, 6.45) is -0.399. The van der Waals surface area contributed by atoms with Crippen molar-refractivity contribution in [1.29, 1.82) is 0 Å². The number of hydrogen-bond acceptors (Lipinski definition) is 3. The summed E-state index contributed by atoms with van der Waals surface area (Å²) in [4.78, 5) is 22.3. The van der Waals surface area contributed by atoms with Gasteiger partial charge in [0, 0.05) is 12.5 Å². The van der Waals surface area contributed by atoms with Gasteiger partial charge >= 0.3 is 6.09 Å². The highest BCUT2D eigenvalue weighted by Crippen LogP contribution is 2.10. The number of nitrogens with one attached hydrogen (secondary N) is 1. The molecule has 0 unspecified atom stereocenters. The summed E-state index contributed by atoms with van der Waals surface area (Å²) >= 11 is 0. The van der Waals surface area contributed by atoms with Crippen molar-refractivity contribution in [3.05, 3.63) is 0 Å². The summed E-state index contributed by atoms with van der Waals surface area (Å²) in [6.45, 7) is 9.16. The Morgan fingerprint density at radius 1 is 1.31 bits per heavy atom. The second-order valence-corrected chi connectivity index (χ2v) is 5.17. The summed E-state index contributed by atoms with van der Waals surface area (Å²) in [7, 11) is 0. The van der Waals surface area contributed by atoms with Crippen LogP contribution in [0.3, 0.4) is 0 Å². The van der Waals surface area contributed by atoms with E-state index in [2.05, 4.69) is 5.32 Å². The first-order valence-corrected chi connectivity index (χ1v) is 5.39. The molecule has 0 spiro atoms. The second kappa shape index (κ2) is 5.72. The third kappa shape index (κ3) is 7.09. The van der Waals surface area contributed by atoms with Crippen molar-refractivity contribution in [2.24, 2.45) is 11.7 Å². The van der Waals surface area contributed by atoms with E-state index in [1.54, 1.807) is 20.8 Å². The molecule has 0 rings (SSSR count). The molecular formula is C11H22N2O3. The smallest absolute Gasteiger partial charge is 0.407 e. The van der Waals surface area contributed by atoms with Gasteiger partial charge in [-0.25, -0.2) is 4.79 Å². The van der Waals surface area contributed by atoms with E-state index in [0.29, 0.717) is 0 Å². The molecule has 0 fully saturated rings.